The minimum absolute atomic E-state index is 0. The molecule has 0 heterocycles. The molecule has 2 radical (unpaired) electrons. The summed E-state index contributed by atoms with van der Waals surface area (Å²) in [6.07, 6.45) is 3.92. The predicted molar refractivity (Wildman–Crippen MR) is 119 cm³/mol. The maximum absolute atomic E-state index is 3.06. The molecule has 1 aliphatic carbocycles. The van der Waals surface area contributed by atoms with Crippen LogP contribution in [0, 0.1) is 28.7 Å². The summed E-state index contributed by atoms with van der Waals surface area (Å²) in [7, 11) is 0. The minimum atomic E-state index is 0. The van der Waals surface area contributed by atoms with E-state index >= 15 is 0 Å². The van der Waals surface area contributed by atoms with Crippen molar-refractivity contribution in [3.63, 3.8) is 0 Å². The third-order valence-electron chi connectivity index (χ3n) is 4.83. The molecule has 0 nitrogen and oxygen atoms in total. The van der Waals surface area contributed by atoms with Gasteiger partial charge in [-0.15, -0.1) is 75.1 Å². The molecule has 140 valence electrons. The van der Waals surface area contributed by atoms with E-state index in [1.807, 2.05) is 0 Å². The first-order valence-corrected chi connectivity index (χ1v) is 12.9. The Bertz CT molecular complexity index is 916. The van der Waals surface area contributed by atoms with E-state index in [0.717, 1.165) is 0 Å². The molecule has 0 N–H and O–H groups in total. The van der Waals surface area contributed by atoms with Gasteiger partial charge in [0.1, 0.15) is 0 Å². The van der Waals surface area contributed by atoms with Gasteiger partial charge in [0.05, 0.1) is 0 Å². The number of hydrogen-bond donors (Lipinski definition) is 0. The van der Waals surface area contributed by atoms with Crippen molar-refractivity contribution in [3.05, 3.63) is 97.8 Å². The van der Waals surface area contributed by atoms with Gasteiger partial charge in [0.15, 0.2) is 0 Å². The summed E-state index contributed by atoms with van der Waals surface area (Å²) in [6, 6.07) is 22.2. The Morgan fingerprint density at radius 2 is 1.30 bits per heavy atom. The van der Waals surface area contributed by atoms with Crippen LogP contribution in [0.1, 0.15) is 28.7 Å². The SMILES string of the molecule is Cc1cc2cc3c(cc2[cH-]1)CCC3.Cc1cc2ccccc2[cH-]1.[CH3-].[CH3-].[Si]=[Zr]. The van der Waals surface area contributed by atoms with E-state index in [9.17, 15) is 0 Å². The topological polar surface area (TPSA) is 0 Å². The molecule has 0 atom stereocenters. The average molecular weight is 448 g/mol. The Morgan fingerprint density at radius 1 is 0.741 bits per heavy atom. The second kappa shape index (κ2) is 10.9. The predicted octanol–water partition coefficient (Wildman–Crippen LogP) is 6.74. The average Bonchev–Trinajstić information content (AvgIpc) is 3.30. The Labute approximate surface area is 181 Å². The van der Waals surface area contributed by atoms with E-state index in [1.54, 1.807) is 11.1 Å². The summed E-state index contributed by atoms with van der Waals surface area (Å²) in [5, 5.41) is 5.55. The number of hydrogen-bond acceptors (Lipinski definition) is 0. The van der Waals surface area contributed by atoms with E-state index in [0.29, 0.717) is 0 Å². The van der Waals surface area contributed by atoms with Crippen LogP contribution >= 0.6 is 0 Å². The summed E-state index contributed by atoms with van der Waals surface area (Å²) < 4.78 is 0. The Hall–Kier alpha value is -1.24. The van der Waals surface area contributed by atoms with Gasteiger partial charge in [-0.25, -0.2) is 0 Å². The molecule has 4 aromatic carbocycles. The summed E-state index contributed by atoms with van der Waals surface area (Å²) >= 11 is 1.36. The Balaban J connectivity index is 0.000000237. The zero-order valence-electron chi connectivity index (χ0n) is 16.9. The molecule has 0 spiro atoms. The number of rotatable bonds is 0. The van der Waals surface area contributed by atoms with Crippen LogP contribution in [0.5, 0.6) is 0 Å². The molecule has 5 rings (SSSR count). The molecule has 0 aromatic heterocycles. The summed E-state index contributed by atoms with van der Waals surface area (Å²) in [6.45, 7) is 7.36. The van der Waals surface area contributed by atoms with Gasteiger partial charge in [0, 0.05) is 0 Å². The fraction of sp³-hybridized carbons (Fsp3) is 0.200. The third-order valence-corrected chi connectivity index (χ3v) is 4.83. The van der Waals surface area contributed by atoms with Crippen LogP contribution < -0.4 is 0 Å². The summed E-state index contributed by atoms with van der Waals surface area (Å²) in [5.41, 5.74) is 5.90. The van der Waals surface area contributed by atoms with Crippen molar-refractivity contribution >= 4 is 28.4 Å². The molecule has 27 heavy (non-hydrogen) atoms. The first-order valence-electron chi connectivity index (χ1n) is 8.75. The number of aryl methyl sites for hydroxylation is 4. The van der Waals surface area contributed by atoms with E-state index < -0.39 is 0 Å². The van der Waals surface area contributed by atoms with Crippen LogP contribution in [0.2, 0.25) is 0 Å². The molecule has 4 aromatic rings. The van der Waals surface area contributed by atoms with Gasteiger partial charge in [-0.1, -0.05) is 31.0 Å². The molecule has 0 saturated carbocycles. The molecule has 0 aliphatic heterocycles. The van der Waals surface area contributed by atoms with Crippen LogP contribution in [0.15, 0.2) is 60.7 Å². The van der Waals surface area contributed by atoms with Crippen molar-refractivity contribution < 1.29 is 23.3 Å². The second-order valence-electron chi connectivity index (χ2n) is 6.80. The first kappa shape index (κ1) is 23.8. The van der Waals surface area contributed by atoms with Crippen LogP contribution in [0.4, 0.5) is 0 Å². The van der Waals surface area contributed by atoms with E-state index in [-0.39, 0.29) is 14.9 Å². The molecule has 0 fully saturated rings. The van der Waals surface area contributed by atoms with Gasteiger partial charge in [-0.05, 0) is 19.3 Å². The summed E-state index contributed by atoms with van der Waals surface area (Å²) in [4.78, 5) is 0. The third kappa shape index (κ3) is 5.62. The molecule has 0 saturated heterocycles. The van der Waals surface area contributed by atoms with Crippen molar-refractivity contribution in [2.75, 3.05) is 0 Å². The molecule has 0 amide bonds. The molecule has 2 heteroatoms. The standard InChI is InChI=1S/C13H13.C10H9.2CH3.Si.Zr/c1-9-5-12-7-10-3-2-4-11(10)8-13(12)6-9;1-8-6-9-4-2-3-5-10(9)7-8;;;;/h5-8H,2-4H2,1H3;2-7H,1H3;2*1H3;;/q4*-1;;. The fourth-order valence-corrected chi connectivity index (χ4v) is 3.75. The zero-order valence-corrected chi connectivity index (χ0v) is 20.4. The molecule has 0 bridgehead atoms. The van der Waals surface area contributed by atoms with E-state index in [2.05, 4.69) is 81.4 Å². The Kier molecular flexibility index (Phi) is 9.63. The van der Waals surface area contributed by atoms with Gasteiger partial charge in [-0.2, -0.15) is 12.1 Å². The first-order chi connectivity index (χ1) is 12.2. The van der Waals surface area contributed by atoms with Crippen LogP contribution in [0.3, 0.4) is 0 Å². The molecular weight excluding hydrogens is 420 g/mol. The van der Waals surface area contributed by atoms with Crippen molar-refractivity contribution in [1.29, 1.82) is 0 Å². The van der Waals surface area contributed by atoms with Gasteiger partial charge < -0.3 is 14.9 Å². The zero-order chi connectivity index (χ0) is 17.8. The molecule has 0 unspecified atom stereocenters. The van der Waals surface area contributed by atoms with Crippen LogP contribution in [-0.2, 0) is 36.2 Å². The molecule has 1 aliphatic rings. The number of benzene rings is 2. The van der Waals surface area contributed by atoms with Crippen molar-refractivity contribution in [2.24, 2.45) is 0 Å². The van der Waals surface area contributed by atoms with Gasteiger partial charge in [0.2, 0.25) is 0 Å². The van der Waals surface area contributed by atoms with Gasteiger partial charge in [-0.3, -0.25) is 0 Å². The molecular formula is C25H28SiZr-4. The van der Waals surface area contributed by atoms with E-state index in [4.69, 9.17) is 0 Å². The van der Waals surface area contributed by atoms with Crippen molar-refractivity contribution in [2.45, 2.75) is 33.1 Å². The van der Waals surface area contributed by atoms with Crippen molar-refractivity contribution in [1.82, 2.24) is 0 Å². The van der Waals surface area contributed by atoms with Crippen molar-refractivity contribution in [3.8, 4) is 0 Å². The normalized spacial score (nSPS) is 11.3. The number of fused-ring (bicyclic) bond motifs is 3. The van der Waals surface area contributed by atoms with Gasteiger partial charge in [0.25, 0.3) is 0 Å². The monoisotopic (exact) mass is 446 g/mol. The van der Waals surface area contributed by atoms with Gasteiger partial charge >= 0.3 is 30.2 Å². The van der Waals surface area contributed by atoms with E-state index in [1.165, 1.54) is 75.3 Å². The van der Waals surface area contributed by atoms with Crippen LogP contribution in [0.25, 0.3) is 21.5 Å². The Morgan fingerprint density at radius 3 is 1.96 bits per heavy atom. The quantitative estimate of drug-likeness (QED) is 0.207. The fourth-order valence-electron chi connectivity index (χ4n) is 3.75. The maximum atomic E-state index is 3.06. The second-order valence-corrected chi connectivity index (χ2v) is 6.80. The van der Waals surface area contributed by atoms with Crippen LogP contribution in [-0.4, -0.2) is 6.88 Å². The summed E-state index contributed by atoms with van der Waals surface area (Å²) in [5.74, 6) is 0.